The molecule has 0 aromatic heterocycles. The Bertz CT molecular complexity index is 389. The molecule has 0 saturated carbocycles. The van der Waals surface area contributed by atoms with Gasteiger partial charge in [0.05, 0.1) is 13.2 Å². The van der Waals surface area contributed by atoms with E-state index in [0.717, 1.165) is 71.2 Å². The summed E-state index contributed by atoms with van der Waals surface area (Å²) >= 11 is 0. The molecule has 0 aromatic carbocycles. The van der Waals surface area contributed by atoms with Crippen LogP contribution in [0.3, 0.4) is 0 Å². The number of ether oxygens (including phenoxy) is 1. The zero-order valence-electron chi connectivity index (χ0n) is 17.0. The van der Waals surface area contributed by atoms with E-state index in [4.69, 9.17) is 9.73 Å². The average Bonchev–Trinajstić information content (AvgIpc) is 2.63. The van der Waals surface area contributed by atoms with Crippen molar-refractivity contribution in [1.29, 1.82) is 0 Å². The highest BCUT2D eigenvalue weighted by Crippen LogP contribution is 2.30. The summed E-state index contributed by atoms with van der Waals surface area (Å²) in [5.41, 5.74) is 0.147. The zero-order chi connectivity index (χ0) is 18.8. The number of hydrogen-bond donors (Lipinski definition) is 3. The van der Waals surface area contributed by atoms with Crippen molar-refractivity contribution in [2.24, 2.45) is 10.4 Å². The standard InChI is InChI=1S/C19H40N4O2/c1-6-19(7-2,9-12-24)16-22-17(20-8-3)21-15-18(4,5)23-10-13-25-14-11-23/h24H,6-16H2,1-5H3,(H2,20,21,22). The highest BCUT2D eigenvalue weighted by molar-refractivity contribution is 5.79. The first-order chi connectivity index (χ1) is 11.9. The lowest BCUT2D eigenvalue weighted by Gasteiger charge is -2.41. The average molecular weight is 357 g/mol. The first-order valence-corrected chi connectivity index (χ1v) is 9.89. The lowest BCUT2D eigenvalue weighted by molar-refractivity contribution is -0.00834. The molecule has 1 aliphatic heterocycles. The van der Waals surface area contributed by atoms with Gasteiger partial charge in [-0.2, -0.15) is 0 Å². The Balaban J connectivity index is 2.68. The number of morpholine rings is 1. The Morgan fingerprint density at radius 2 is 1.76 bits per heavy atom. The van der Waals surface area contributed by atoms with Crippen molar-refractivity contribution in [2.45, 2.75) is 59.4 Å². The predicted molar refractivity (Wildman–Crippen MR) is 105 cm³/mol. The molecular formula is C19H40N4O2. The molecule has 1 fully saturated rings. The number of aliphatic hydroxyl groups excluding tert-OH is 1. The molecule has 0 atom stereocenters. The molecule has 1 saturated heterocycles. The van der Waals surface area contributed by atoms with Crippen LogP contribution in [0.15, 0.2) is 4.99 Å². The minimum absolute atomic E-state index is 0.0532. The van der Waals surface area contributed by atoms with Gasteiger partial charge in [0, 0.05) is 44.9 Å². The second kappa shape index (κ2) is 11.0. The van der Waals surface area contributed by atoms with E-state index in [0.29, 0.717) is 0 Å². The van der Waals surface area contributed by atoms with E-state index >= 15 is 0 Å². The number of guanidine groups is 1. The number of rotatable bonds is 10. The summed E-state index contributed by atoms with van der Waals surface area (Å²) in [7, 11) is 0. The quantitative estimate of drug-likeness (QED) is 0.412. The van der Waals surface area contributed by atoms with Crippen molar-refractivity contribution < 1.29 is 9.84 Å². The fourth-order valence-electron chi connectivity index (χ4n) is 3.31. The van der Waals surface area contributed by atoms with E-state index in [1.165, 1.54) is 0 Å². The molecule has 0 amide bonds. The smallest absolute Gasteiger partial charge is 0.191 e. The van der Waals surface area contributed by atoms with Crippen LogP contribution in [0.2, 0.25) is 0 Å². The van der Waals surface area contributed by atoms with Crippen LogP contribution in [-0.4, -0.2) is 74.0 Å². The second-order valence-corrected chi connectivity index (χ2v) is 7.64. The van der Waals surface area contributed by atoms with E-state index in [-0.39, 0.29) is 17.6 Å². The van der Waals surface area contributed by atoms with Crippen molar-refractivity contribution >= 4 is 5.96 Å². The third-order valence-electron chi connectivity index (χ3n) is 5.61. The molecule has 25 heavy (non-hydrogen) atoms. The summed E-state index contributed by atoms with van der Waals surface area (Å²) in [6.45, 7) is 17.2. The third-order valence-corrected chi connectivity index (χ3v) is 5.61. The van der Waals surface area contributed by atoms with E-state index in [2.05, 4.69) is 50.2 Å². The molecular weight excluding hydrogens is 316 g/mol. The maximum absolute atomic E-state index is 9.39. The molecule has 6 nitrogen and oxygen atoms in total. The van der Waals surface area contributed by atoms with Crippen molar-refractivity contribution in [3.63, 3.8) is 0 Å². The molecule has 1 rings (SSSR count). The van der Waals surface area contributed by atoms with Crippen LogP contribution in [-0.2, 0) is 4.74 Å². The SMILES string of the molecule is CCNC(=NCC(CC)(CC)CCO)NCC(C)(C)N1CCOCC1. The van der Waals surface area contributed by atoms with Crippen LogP contribution in [0.5, 0.6) is 0 Å². The van der Waals surface area contributed by atoms with Crippen LogP contribution < -0.4 is 10.6 Å². The van der Waals surface area contributed by atoms with Gasteiger partial charge in [-0.25, -0.2) is 0 Å². The first-order valence-electron chi connectivity index (χ1n) is 9.89. The molecule has 0 aromatic rings. The highest BCUT2D eigenvalue weighted by atomic mass is 16.5. The van der Waals surface area contributed by atoms with Gasteiger partial charge in [-0.1, -0.05) is 13.8 Å². The Morgan fingerprint density at radius 1 is 1.12 bits per heavy atom. The van der Waals surface area contributed by atoms with Crippen LogP contribution in [0.1, 0.15) is 53.9 Å². The maximum atomic E-state index is 9.39. The number of nitrogens with zero attached hydrogens (tertiary/aromatic N) is 2. The van der Waals surface area contributed by atoms with Crippen molar-refractivity contribution in [2.75, 3.05) is 52.5 Å². The van der Waals surface area contributed by atoms with Gasteiger partial charge < -0.3 is 20.5 Å². The van der Waals surface area contributed by atoms with Gasteiger partial charge in [-0.15, -0.1) is 0 Å². The molecule has 148 valence electrons. The van der Waals surface area contributed by atoms with E-state index in [1.807, 2.05) is 0 Å². The van der Waals surface area contributed by atoms with Gasteiger partial charge in [0.15, 0.2) is 5.96 Å². The normalized spacial score (nSPS) is 17.6. The Hall–Kier alpha value is -0.850. The fourth-order valence-corrected chi connectivity index (χ4v) is 3.31. The second-order valence-electron chi connectivity index (χ2n) is 7.64. The van der Waals surface area contributed by atoms with Crippen molar-refractivity contribution in [3.05, 3.63) is 0 Å². The minimum atomic E-state index is 0.0532. The fraction of sp³-hybridized carbons (Fsp3) is 0.947. The predicted octanol–water partition coefficient (Wildman–Crippen LogP) is 1.84. The van der Waals surface area contributed by atoms with Gasteiger partial charge in [0.1, 0.15) is 0 Å². The summed E-state index contributed by atoms with van der Waals surface area (Å²) in [4.78, 5) is 7.31. The number of aliphatic imine (C=N–C) groups is 1. The van der Waals surface area contributed by atoms with Crippen LogP contribution in [0, 0.1) is 5.41 Å². The monoisotopic (exact) mass is 356 g/mol. The largest absolute Gasteiger partial charge is 0.396 e. The van der Waals surface area contributed by atoms with Gasteiger partial charge in [0.2, 0.25) is 0 Å². The Kier molecular flexibility index (Phi) is 9.75. The topological polar surface area (TPSA) is 69.1 Å². The molecule has 1 heterocycles. The summed E-state index contributed by atoms with van der Waals surface area (Å²) in [6.07, 6.45) is 2.88. The van der Waals surface area contributed by atoms with Gasteiger partial charge in [0.25, 0.3) is 0 Å². The van der Waals surface area contributed by atoms with Crippen molar-refractivity contribution in [3.8, 4) is 0 Å². The van der Waals surface area contributed by atoms with E-state index < -0.39 is 0 Å². The zero-order valence-corrected chi connectivity index (χ0v) is 17.0. The molecule has 0 unspecified atom stereocenters. The molecule has 6 heteroatoms. The van der Waals surface area contributed by atoms with Crippen LogP contribution in [0.4, 0.5) is 0 Å². The van der Waals surface area contributed by atoms with Crippen molar-refractivity contribution in [1.82, 2.24) is 15.5 Å². The number of nitrogens with one attached hydrogen (secondary N) is 2. The van der Waals surface area contributed by atoms with Gasteiger partial charge in [-0.05, 0) is 45.4 Å². The lowest BCUT2D eigenvalue weighted by atomic mass is 9.79. The maximum Gasteiger partial charge on any atom is 0.191 e. The third kappa shape index (κ3) is 7.12. The minimum Gasteiger partial charge on any atom is -0.396 e. The van der Waals surface area contributed by atoms with Crippen LogP contribution in [0.25, 0.3) is 0 Å². The summed E-state index contributed by atoms with van der Waals surface area (Å²) in [6, 6.07) is 0. The lowest BCUT2D eigenvalue weighted by Crippen LogP contribution is -2.56. The molecule has 0 bridgehead atoms. The summed E-state index contributed by atoms with van der Waals surface area (Å²) in [5, 5.41) is 16.3. The first kappa shape index (κ1) is 22.2. The van der Waals surface area contributed by atoms with Crippen LogP contribution >= 0.6 is 0 Å². The van der Waals surface area contributed by atoms with E-state index in [9.17, 15) is 5.11 Å². The summed E-state index contributed by atoms with van der Waals surface area (Å²) < 4.78 is 5.46. The number of hydrogen-bond acceptors (Lipinski definition) is 4. The Labute approximate surface area is 154 Å². The highest BCUT2D eigenvalue weighted by Gasteiger charge is 2.29. The number of aliphatic hydroxyl groups is 1. The van der Waals surface area contributed by atoms with Gasteiger partial charge >= 0.3 is 0 Å². The van der Waals surface area contributed by atoms with Gasteiger partial charge in [-0.3, -0.25) is 9.89 Å². The van der Waals surface area contributed by atoms with E-state index in [1.54, 1.807) is 0 Å². The molecule has 0 aliphatic carbocycles. The molecule has 0 radical (unpaired) electrons. The molecule has 1 aliphatic rings. The molecule has 0 spiro atoms. The molecule has 3 N–H and O–H groups in total. The Morgan fingerprint density at radius 3 is 2.28 bits per heavy atom. The summed E-state index contributed by atoms with van der Waals surface area (Å²) in [5.74, 6) is 0.869.